The maximum atomic E-state index is 12.1. The summed E-state index contributed by atoms with van der Waals surface area (Å²) in [6.45, 7) is 3.97. The van der Waals surface area contributed by atoms with E-state index in [1.807, 2.05) is 13.8 Å². The summed E-state index contributed by atoms with van der Waals surface area (Å²) in [7, 11) is 0. The molecular weight excluding hydrogens is 332 g/mol. The highest BCUT2D eigenvalue weighted by Gasteiger charge is 2.17. The minimum Gasteiger partial charge on any atom is -0.454 e. The van der Waals surface area contributed by atoms with E-state index in [1.165, 1.54) is 11.3 Å². The number of hydrogen-bond acceptors (Lipinski definition) is 7. The SMILES string of the molecule is CC(C)c1nnc(NC(=O)CNC(=O)c2ccc3c(c2)OCO3)s1. The molecular formula is C15H16N4O4S. The largest absolute Gasteiger partial charge is 0.454 e. The van der Waals surface area contributed by atoms with Crippen molar-refractivity contribution in [2.24, 2.45) is 0 Å². The van der Waals surface area contributed by atoms with Crippen molar-refractivity contribution < 1.29 is 19.1 Å². The van der Waals surface area contributed by atoms with Crippen molar-refractivity contribution in [2.75, 3.05) is 18.7 Å². The first kappa shape index (κ1) is 16.2. The molecule has 0 aliphatic carbocycles. The lowest BCUT2D eigenvalue weighted by atomic mass is 10.2. The zero-order valence-corrected chi connectivity index (χ0v) is 14.0. The summed E-state index contributed by atoms with van der Waals surface area (Å²) in [5.41, 5.74) is 0.394. The molecule has 0 saturated carbocycles. The van der Waals surface area contributed by atoms with Crippen LogP contribution in [0.4, 0.5) is 5.13 Å². The fraction of sp³-hybridized carbons (Fsp3) is 0.333. The van der Waals surface area contributed by atoms with Crippen molar-refractivity contribution in [2.45, 2.75) is 19.8 Å². The molecule has 1 aliphatic heterocycles. The maximum absolute atomic E-state index is 12.1. The van der Waals surface area contributed by atoms with E-state index in [0.717, 1.165) is 5.01 Å². The van der Waals surface area contributed by atoms with E-state index in [2.05, 4.69) is 20.8 Å². The average molecular weight is 348 g/mol. The van der Waals surface area contributed by atoms with Gasteiger partial charge in [0.1, 0.15) is 5.01 Å². The van der Waals surface area contributed by atoms with Crippen molar-refractivity contribution in [3.8, 4) is 11.5 Å². The lowest BCUT2D eigenvalue weighted by molar-refractivity contribution is -0.115. The molecule has 0 spiro atoms. The molecule has 2 aromatic rings. The van der Waals surface area contributed by atoms with E-state index in [-0.39, 0.29) is 31.1 Å². The fourth-order valence-corrected chi connectivity index (χ4v) is 2.74. The van der Waals surface area contributed by atoms with Crippen molar-refractivity contribution in [1.82, 2.24) is 15.5 Å². The van der Waals surface area contributed by atoms with Gasteiger partial charge in [-0.2, -0.15) is 0 Å². The number of carbonyl (C=O) groups is 2. The number of fused-ring (bicyclic) bond motifs is 1. The number of nitrogens with zero attached hydrogens (tertiary/aromatic N) is 2. The monoisotopic (exact) mass is 348 g/mol. The summed E-state index contributed by atoms with van der Waals surface area (Å²) in [5.74, 6) is 0.627. The Kier molecular flexibility index (Phi) is 4.61. The van der Waals surface area contributed by atoms with Crippen LogP contribution in [0.5, 0.6) is 11.5 Å². The van der Waals surface area contributed by atoms with Gasteiger partial charge in [0, 0.05) is 11.5 Å². The molecule has 1 aliphatic rings. The van der Waals surface area contributed by atoms with Crippen LogP contribution < -0.4 is 20.1 Å². The number of anilines is 1. The predicted octanol–water partition coefficient (Wildman–Crippen LogP) is 1.76. The number of benzene rings is 1. The van der Waals surface area contributed by atoms with Crippen LogP contribution in [0.2, 0.25) is 0 Å². The zero-order valence-electron chi connectivity index (χ0n) is 13.2. The molecule has 0 unspecified atom stereocenters. The Morgan fingerprint density at radius 3 is 2.79 bits per heavy atom. The van der Waals surface area contributed by atoms with Crippen molar-refractivity contribution in [3.63, 3.8) is 0 Å². The number of carbonyl (C=O) groups excluding carboxylic acids is 2. The first-order chi connectivity index (χ1) is 11.5. The highest BCUT2D eigenvalue weighted by atomic mass is 32.1. The Morgan fingerprint density at radius 1 is 1.25 bits per heavy atom. The van der Waals surface area contributed by atoms with Gasteiger partial charge in [0.15, 0.2) is 11.5 Å². The van der Waals surface area contributed by atoms with E-state index in [0.29, 0.717) is 22.2 Å². The molecule has 9 heteroatoms. The highest BCUT2D eigenvalue weighted by Crippen LogP contribution is 2.32. The normalized spacial score (nSPS) is 12.3. The summed E-state index contributed by atoms with van der Waals surface area (Å²) < 4.78 is 10.4. The molecule has 2 heterocycles. The van der Waals surface area contributed by atoms with E-state index in [9.17, 15) is 9.59 Å². The van der Waals surface area contributed by atoms with Gasteiger partial charge >= 0.3 is 0 Å². The maximum Gasteiger partial charge on any atom is 0.251 e. The Bertz CT molecular complexity index is 775. The number of amides is 2. The van der Waals surface area contributed by atoms with Crippen LogP contribution in [0, 0.1) is 0 Å². The predicted molar refractivity (Wildman–Crippen MR) is 87.5 cm³/mol. The minimum absolute atomic E-state index is 0.142. The minimum atomic E-state index is -0.372. The summed E-state index contributed by atoms with van der Waals surface area (Å²) in [6.07, 6.45) is 0. The van der Waals surface area contributed by atoms with E-state index >= 15 is 0 Å². The molecule has 1 aromatic heterocycles. The quantitative estimate of drug-likeness (QED) is 0.853. The molecule has 0 saturated heterocycles. The molecule has 1 aromatic carbocycles. The second kappa shape index (κ2) is 6.83. The summed E-state index contributed by atoms with van der Waals surface area (Å²) >= 11 is 1.32. The molecule has 0 radical (unpaired) electrons. The van der Waals surface area contributed by atoms with Gasteiger partial charge in [0.25, 0.3) is 5.91 Å². The Hall–Kier alpha value is -2.68. The van der Waals surface area contributed by atoms with Crippen LogP contribution in [0.1, 0.15) is 35.1 Å². The van der Waals surface area contributed by atoms with Gasteiger partial charge in [-0.05, 0) is 18.2 Å². The lowest BCUT2D eigenvalue weighted by Crippen LogP contribution is -2.32. The number of rotatable bonds is 5. The van der Waals surface area contributed by atoms with Gasteiger partial charge in [0.2, 0.25) is 17.8 Å². The Balaban J connectivity index is 1.53. The second-order valence-corrected chi connectivity index (χ2v) is 6.41. The molecule has 24 heavy (non-hydrogen) atoms. The molecule has 0 atom stereocenters. The smallest absolute Gasteiger partial charge is 0.251 e. The fourth-order valence-electron chi connectivity index (χ4n) is 1.98. The average Bonchev–Trinajstić information content (AvgIpc) is 3.20. The van der Waals surface area contributed by atoms with Crippen LogP contribution in [0.25, 0.3) is 0 Å². The van der Waals surface area contributed by atoms with Crippen LogP contribution >= 0.6 is 11.3 Å². The van der Waals surface area contributed by atoms with Crippen LogP contribution in [0.3, 0.4) is 0 Å². The summed E-state index contributed by atoms with van der Waals surface area (Å²) in [5, 5.41) is 14.3. The third-order valence-corrected chi connectivity index (χ3v) is 4.36. The lowest BCUT2D eigenvalue weighted by Gasteiger charge is -2.05. The first-order valence-corrected chi connectivity index (χ1v) is 8.15. The summed E-state index contributed by atoms with van der Waals surface area (Å²) in [4.78, 5) is 24.0. The molecule has 8 nitrogen and oxygen atoms in total. The third kappa shape index (κ3) is 3.62. The molecule has 2 N–H and O–H groups in total. The Morgan fingerprint density at radius 2 is 2.04 bits per heavy atom. The van der Waals surface area contributed by atoms with Gasteiger partial charge in [-0.1, -0.05) is 25.2 Å². The molecule has 2 amide bonds. The van der Waals surface area contributed by atoms with Gasteiger partial charge in [-0.15, -0.1) is 10.2 Å². The second-order valence-electron chi connectivity index (χ2n) is 5.40. The van der Waals surface area contributed by atoms with E-state index < -0.39 is 0 Å². The standard InChI is InChI=1S/C15H16N4O4S/c1-8(2)14-18-19-15(24-14)17-12(20)6-16-13(21)9-3-4-10-11(5-9)23-7-22-10/h3-5,8H,6-7H2,1-2H3,(H,16,21)(H,17,19,20). The van der Waals surface area contributed by atoms with E-state index in [4.69, 9.17) is 9.47 Å². The topological polar surface area (TPSA) is 102 Å². The van der Waals surface area contributed by atoms with Gasteiger partial charge in [0.05, 0.1) is 6.54 Å². The van der Waals surface area contributed by atoms with Crippen molar-refractivity contribution in [3.05, 3.63) is 28.8 Å². The van der Waals surface area contributed by atoms with Crippen molar-refractivity contribution in [1.29, 1.82) is 0 Å². The molecule has 3 rings (SSSR count). The van der Waals surface area contributed by atoms with Gasteiger partial charge < -0.3 is 14.8 Å². The number of ether oxygens (including phenoxy) is 2. The van der Waals surface area contributed by atoms with Crippen LogP contribution in [-0.2, 0) is 4.79 Å². The summed E-state index contributed by atoms with van der Waals surface area (Å²) in [6, 6.07) is 4.85. The van der Waals surface area contributed by atoms with E-state index in [1.54, 1.807) is 18.2 Å². The number of hydrogen-bond donors (Lipinski definition) is 2. The molecule has 126 valence electrons. The number of aromatic nitrogens is 2. The van der Waals surface area contributed by atoms with Crippen LogP contribution in [-0.4, -0.2) is 35.3 Å². The molecule has 0 bridgehead atoms. The number of nitrogens with one attached hydrogen (secondary N) is 2. The molecule has 0 fully saturated rings. The Labute approximate surface area is 142 Å². The highest BCUT2D eigenvalue weighted by molar-refractivity contribution is 7.15. The zero-order chi connectivity index (χ0) is 17.1. The van der Waals surface area contributed by atoms with Crippen molar-refractivity contribution >= 4 is 28.3 Å². The van der Waals surface area contributed by atoms with Crippen LogP contribution in [0.15, 0.2) is 18.2 Å². The first-order valence-electron chi connectivity index (χ1n) is 7.34. The third-order valence-electron chi connectivity index (χ3n) is 3.23. The van der Waals surface area contributed by atoms with Gasteiger partial charge in [-0.25, -0.2) is 0 Å². The van der Waals surface area contributed by atoms with Gasteiger partial charge in [-0.3, -0.25) is 14.9 Å².